The molecule has 0 atom stereocenters. The highest BCUT2D eigenvalue weighted by atomic mass is 35.5. The van der Waals surface area contributed by atoms with Gasteiger partial charge < -0.3 is 10.3 Å². The maximum absolute atomic E-state index is 6.11. The monoisotopic (exact) mass is 225 g/mol. The summed E-state index contributed by atoms with van der Waals surface area (Å²) in [4.78, 5) is 3.95. The van der Waals surface area contributed by atoms with Crippen molar-refractivity contribution in [2.45, 2.75) is 13.5 Å². The number of aromatic nitrogens is 4. The number of anilines is 1. The molecule has 0 unspecified atom stereocenters. The van der Waals surface area contributed by atoms with Gasteiger partial charge in [-0.25, -0.2) is 4.98 Å². The summed E-state index contributed by atoms with van der Waals surface area (Å²) >= 11 is 6.11. The molecule has 5 nitrogen and oxygen atoms in total. The van der Waals surface area contributed by atoms with E-state index in [4.69, 9.17) is 17.3 Å². The first kappa shape index (κ1) is 10.0. The van der Waals surface area contributed by atoms with E-state index in [-0.39, 0.29) is 0 Å². The third-order valence-corrected chi connectivity index (χ3v) is 2.82. The molecule has 0 aliphatic rings. The van der Waals surface area contributed by atoms with Gasteiger partial charge in [0.1, 0.15) is 5.15 Å². The lowest BCUT2D eigenvalue weighted by molar-refractivity contribution is 0.756. The average Bonchev–Trinajstić information content (AvgIpc) is 2.67. The second-order valence-corrected chi connectivity index (χ2v) is 3.75. The molecule has 0 saturated carbocycles. The molecule has 0 amide bonds. The summed E-state index contributed by atoms with van der Waals surface area (Å²) in [5.41, 5.74) is 7.57. The van der Waals surface area contributed by atoms with E-state index < -0.39 is 0 Å². The quantitative estimate of drug-likeness (QED) is 0.836. The van der Waals surface area contributed by atoms with E-state index >= 15 is 0 Å². The lowest BCUT2D eigenvalue weighted by Gasteiger charge is -2.03. The van der Waals surface area contributed by atoms with Gasteiger partial charge in [0.2, 0.25) is 0 Å². The molecule has 0 fully saturated rings. The van der Waals surface area contributed by atoms with E-state index in [2.05, 4.69) is 10.1 Å². The zero-order valence-electron chi connectivity index (χ0n) is 8.61. The van der Waals surface area contributed by atoms with Crippen molar-refractivity contribution in [2.24, 2.45) is 7.05 Å². The molecule has 80 valence electrons. The summed E-state index contributed by atoms with van der Waals surface area (Å²) in [5, 5.41) is 4.87. The molecule has 2 N–H and O–H groups in total. The van der Waals surface area contributed by atoms with Crippen molar-refractivity contribution in [3.8, 4) is 0 Å². The van der Waals surface area contributed by atoms with Crippen LogP contribution in [0.4, 0.5) is 5.95 Å². The molecule has 0 aromatic carbocycles. The summed E-state index contributed by atoms with van der Waals surface area (Å²) in [7, 11) is 1.82. The largest absolute Gasteiger partial charge is 0.369 e. The van der Waals surface area contributed by atoms with Gasteiger partial charge >= 0.3 is 0 Å². The Morgan fingerprint density at radius 1 is 1.53 bits per heavy atom. The molecular weight excluding hydrogens is 214 g/mol. The third-order valence-electron chi connectivity index (χ3n) is 2.35. The van der Waals surface area contributed by atoms with E-state index in [1.54, 1.807) is 10.9 Å². The zero-order valence-corrected chi connectivity index (χ0v) is 9.36. The van der Waals surface area contributed by atoms with Gasteiger partial charge in [-0.1, -0.05) is 11.6 Å². The van der Waals surface area contributed by atoms with E-state index in [9.17, 15) is 0 Å². The zero-order chi connectivity index (χ0) is 11.0. The SMILES string of the molecule is Cc1nn(C)c(Cl)c1Cn1ccnc1N. The van der Waals surface area contributed by atoms with Gasteiger partial charge in [0.15, 0.2) is 5.95 Å². The highest BCUT2D eigenvalue weighted by molar-refractivity contribution is 6.30. The molecule has 0 aliphatic carbocycles. The van der Waals surface area contributed by atoms with Crippen LogP contribution in [-0.2, 0) is 13.6 Å². The van der Waals surface area contributed by atoms with Crippen LogP contribution in [0.2, 0.25) is 5.15 Å². The molecule has 2 heterocycles. The van der Waals surface area contributed by atoms with E-state index in [1.165, 1.54) is 0 Å². The van der Waals surface area contributed by atoms with Crippen molar-refractivity contribution in [3.05, 3.63) is 28.8 Å². The summed E-state index contributed by atoms with van der Waals surface area (Å²) < 4.78 is 3.48. The third kappa shape index (κ3) is 1.70. The minimum atomic E-state index is 0.481. The maximum Gasteiger partial charge on any atom is 0.200 e. The molecular formula is C9H12ClN5. The van der Waals surface area contributed by atoms with E-state index in [0.29, 0.717) is 17.6 Å². The molecule has 0 radical (unpaired) electrons. The van der Waals surface area contributed by atoms with Gasteiger partial charge in [0.25, 0.3) is 0 Å². The van der Waals surface area contributed by atoms with Crippen LogP contribution in [0.5, 0.6) is 0 Å². The molecule has 0 saturated heterocycles. The van der Waals surface area contributed by atoms with Crippen LogP contribution in [0.1, 0.15) is 11.3 Å². The Morgan fingerprint density at radius 3 is 2.73 bits per heavy atom. The Hall–Kier alpha value is -1.49. The minimum Gasteiger partial charge on any atom is -0.369 e. The van der Waals surface area contributed by atoms with Crippen molar-refractivity contribution in [2.75, 3.05) is 5.73 Å². The summed E-state index contributed by atoms with van der Waals surface area (Å²) in [6, 6.07) is 0. The number of nitrogens with zero attached hydrogens (tertiary/aromatic N) is 4. The number of rotatable bonds is 2. The molecule has 15 heavy (non-hydrogen) atoms. The molecule has 0 spiro atoms. The van der Waals surface area contributed by atoms with E-state index in [1.807, 2.05) is 24.7 Å². The fourth-order valence-corrected chi connectivity index (χ4v) is 1.73. The maximum atomic E-state index is 6.11. The first-order chi connectivity index (χ1) is 7.09. The number of nitrogens with two attached hydrogens (primary N) is 1. The van der Waals surface area contributed by atoms with Crippen molar-refractivity contribution >= 4 is 17.5 Å². The first-order valence-corrected chi connectivity index (χ1v) is 4.92. The van der Waals surface area contributed by atoms with Crippen LogP contribution in [0.15, 0.2) is 12.4 Å². The Morgan fingerprint density at radius 2 is 2.27 bits per heavy atom. The number of imidazole rings is 1. The Bertz CT molecular complexity index is 485. The molecule has 2 rings (SSSR count). The normalized spacial score (nSPS) is 10.9. The lowest BCUT2D eigenvalue weighted by atomic mass is 10.2. The van der Waals surface area contributed by atoms with Gasteiger partial charge in [0, 0.05) is 25.0 Å². The van der Waals surface area contributed by atoms with Gasteiger partial charge in [-0.3, -0.25) is 4.68 Å². The Labute approximate surface area is 92.5 Å². The standard InChI is InChI=1S/C9H12ClN5/c1-6-7(8(10)14(2)13-6)5-15-4-3-12-9(15)11/h3-4H,5H2,1-2H3,(H2,11,12). The van der Waals surface area contributed by atoms with Gasteiger partial charge in [-0.15, -0.1) is 0 Å². The van der Waals surface area contributed by atoms with Crippen LogP contribution in [-0.4, -0.2) is 19.3 Å². The van der Waals surface area contributed by atoms with Gasteiger partial charge in [-0.05, 0) is 6.92 Å². The minimum absolute atomic E-state index is 0.481. The predicted molar refractivity (Wildman–Crippen MR) is 58.7 cm³/mol. The van der Waals surface area contributed by atoms with Crippen molar-refractivity contribution in [1.82, 2.24) is 19.3 Å². The van der Waals surface area contributed by atoms with Crippen LogP contribution in [0, 0.1) is 6.92 Å². The highest BCUT2D eigenvalue weighted by Gasteiger charge is 2.12. The average molecular weight is 226 g/mol. The summed E-state index contributed by atoms with van der Waals surface area (Å²) in [6.45, 7) is 2.53. The lowest BCUT2D eigenvalue weighted by Crippen LogP contribution is -2.04. The molecule has 2 aromatic heterocycles. The Kier molecular flexibility index (Phi) is 2.40. The second-order valence-electron chi connectivity index (χ2n) is 3.39. The van der Waals surface area contributed by atoms with Crippen molar-refractivity contribution < 1.29 is 0 Å². The molecule has 2 aromatic rings. The number of hydrogen-bond acceptors (Lipinski definition) is 3. The molecule has 0 bridgehead atoms. The summed E-state index contributed by atoms with van der Waals surface area (Å²) in [5.74, 6) is 0.481. The first-order valence-electron chi connectivity index (χ1n) is 4.54. The smallest absolute Gasteiger partial charge is 0.200 e. The number of hydrogen-bond donors (Lipinski definition) is 1. The second kappa shape index (κ2) is 3.58. The number of halogens is 1. The van der Waals surface area contributed by atoms with Crippen LogP contribution in [0.3, 0.4) is 0 Å². The fraction of sp³-hybridized carbons (Fsp3) is 0.333. The van der Waals surface area contributed by atoms with Crippen molar-refractivity contribution in [1.29, 1.82) is 0 Å². The predicted octanol–water partition coefficient (Wildman–Crippen LogP) is 1.21. The number of nitrogen functional groups attached to an aromatic ring is 1. The van der Waals surface area contributed by atoms with Gasteiger partial charge in [0.05, 0.1) is 12.2 Å². The van der Waals surface area contributed by atoms with Gasteiger partial charge in [-0.2, -0.15) is 5.10 Å². The highest BCUT2D eigenvalue weighted by Crippen LogP contribution is 2.20. The fourth-order valence-electron chi connectivity index (χ4n) is 1.50. The number of aryl methyl sites for hydroxylation is 2. The van der Waals surface area contributed by atoms with Crippen LogP contribution < -0.4 is 5.73 Å². The summed E-state index contributed by atoms with van der Waals surface area (Å²) in [6.07, 6.45) is 3.48. The van der Waals surface area contributed by atoms with E-state index in [0.717, 1.165) is 11.3 Å². The van der Waals surface area contributed by atoms with Crippen molar-refractivity contribution in [3.63, 3.8) is 0 Å². The molecule has 0 aliphatic heterocycles. The van der Waals surface area contributed by atoms with Crippen LogP contribution >= 0.6 is 11.6 Å². The topological polar surface area (TPSA) is 61.7 Å². The van der Waals surface area contributed by atoms with Crippen LogP contribution in [0.25, 0.3) is 0 Å². The Balaban J connectivity index is 2.36. The molecule has 6 heteroatoms.